The molecule has 0 aromatic heterocycles. The average molecular weight is 816 g/mol. The fourth-order valence-electron chi connectivity index (χ4n) is 7.72. The highest BCUT2D eigenvalue weighted by atomic mass is 35.5. The lowest BCUT2D eigenvalue weighted by molar-refractivity contribution is -0.910. The van der Waals surface area contributed by atoms with Crippen molar-refractivity contribution in [2.75, 3.05) is 79.8 Å². The Balaban J connectivity index is -0.000000446. The number of likely N-dealkylation sites (N-methyl/N-ethyl adjacent to an activating group) is 2. The van der Waals surface area contributed by atoms with Gasteiger partial charge in [-0.3, -0.25) is 0 Å². The molecule has 0 rings (SSSR count). The van der Waals surface area contributed by atoms with Crippen molar-refractivity contribution in [3.05, 3.63) is 0 Å². The molecule has 54 heavy (non-hydrogen) atoms. The van der Waals surface area contributed by atoms with Crippen LogP contribution in [0.25, 0.3) is 0 Å². The summed E-state index contributed by atoms with van der Waals surface area (Å²) in [5.74, 6) is 0. The van der Waals surface area contributed by atoms with Gasteiger partial charge in [0.25, 0.3) is 0 Å². The standard InChI is InChI=1S/2C23H50NO2.2ClH/c2*1-3-4-5-6-7-8-9-10-11-12-13-14-15-16-17-18-19-24(2,20-22-25)21-23-26;;/h2*25-26H,3-23H2,1-2H3;2*1H/q2*+1;;/p-2. The van der Waals surface area contributed by atoms with Crippen LogP contribution in [0.4, 0.5) is 0 Å². The third kappa shape index (κ3) is 46.7. The van der Waals surface area contributed by atoms with Crippen LogP contribution in [0, 0.1) is 0 Å². The minimum Gasteiger partial charge on any atom is -1.00 e. The van der Waals surface area contributed by atoms with Crippen LogP contribution in [0.1, 0.15) is 219 Å². The first kappa shape index (κ1) is 61.0. The first-order valence-electron chi connectivity index (χ1n) is 23.5. The Morgan fingerprint density at radius 3 is 0.537 bits per heavy atom. The van der Waals surface area contributed by atoms with Crippen molar-refractivity contribution in [2.45, 2.75) is 219 Å². The van der Waals surface area contributed by atoms with E-state index in [0.717, 1.165) is 48.2 Å². The third-order valence-electron chi connectivity index (χ3n) is 11.7. The number of hydrogen-bond acceptors (Lipinski definition) is 4. The van der Waals surface area contributed by atoms with Crippen molar-refractivity contribution in [3.63, 3.8) is 0 Å². The highest BCUT2D eigenvalue weighted by Crippen LogP contribution is 2.16. The van der Waals surface area contributed by atoms with Gasteiger partial charge in [0.15, 0.2) is 0 Å². The molecule has 0 bridgehead atoms. The predicted molar refractivity (Wildman–Crippen MR) is 229 cm³/mol. The highest BCUT2D eigenvalue weighted by Gasteiger charge is 2.20. The molecule has 332 valence electrons. The Morgan fingerprint density at radius 1 is 0.241 bits per heavy atom. The minimum absolute atomic E-state index is 0. The van der Waals surface area contributed by atoms with Gasteiger partial charge in [-0.1, -0.05) is 194 Å². The summed E-state index contributed by atoms with van der Waals surface area (Å²) < 4.78 is 1.62. The van der Waals surface area contributed by atoms with E-state index >= 15 is 0 Å². The quantitative estimate of drug-likeness (QED) is 0.0495. The molecule has 4 N–H and O–H groups in total. The normalized spacial score (nSPS) is 11.6. The molecule has 0 aliphatic heterocycles. The lowest BCUT2D eigenvalue weighted by Gasteiger charge is -2.33. The fourth-order valence-corrected chi connectivity index (χ4v) is 7.72. The van der Waals surface area contributed by atoms with Gasteiger partial charge in [0, 0.05) is 0 Å². The Kier molecular flexibility index (Phi) is 55.9. The van der Waals surface area contributed by atoms with E-state index in [4.69, 9.17) is 20.4 Å². The first-order valence-corrected chi connectivity index (χ1v) is 23.5. The van der Waals surface area contributed by atoms with E-state index in [1.54, 1.807) is 0 Å². The zero-order valence-corrected chi connectivity index (χ0v) is 38.6. The second-order valence-electron chi connectivity index (χ2n) is 17.1. The van der Waals surface area contributed by atoms with E-state index in [0.29, 0.717) is 0 Å². The van der Waals surface area contributed by atoms with Crippen LogP contribution in [0.5, 0.6) is 0 Å². The number of unbranched alkanes of at least 4 members (excludes halogenated alkanes) is 30. The van der Waals surface area contributed by atoms with Gasteiger partial charge >= 0.3 is 0 Å². The van der Waals surface area contributed by atoms with Crippen molar-refractivity contribution in [1.29, 1.82) is 0 Å². The molecule has 0 amide bonds. The second-order valence-corrected chi connectivity index (χ2v) is 17.1. The summed E-state index contributed by atoms with van der Waals surface area (Å²) in [6.45, 7) is 10.7. The summed E-state index contributed by atoms with van der Waals surface area (Å²) in [5, 5.41) is 36.7. The van der Waals surface area contributed by atoms with Crippen molar-refractivity contribution in [2.24, 2.45) is 0 Å². The lowest BCUT2D eigenvalue weighted by atomic mass is 10.0. The molecule has 8 heteroatoms. The molecule has 6 nitrogen and oxygen atoms in total. The molecule has 0 fully saturated rings. The van der Waals surface area contributed by atoms with Crippen molar-refractivity contribution in [3.8, 4) is 0 Å². The summed E-state index contributed by atoms with van der Waals surface area (Å²) in [6.07, 6.45) is 44.8. The van der Waals surface area contributed by atoms with Gasteiger partial charge in [-0.2, -0.15) is 0 Å². The van der Waals surface area contributed by atoms with Crippen molar-refractivity contribution in [1.82, 2.24) is 0 Å². The second kappa shape index (κ2) is 49.5. The molecular formula is C46H100Cl2N2O4. The zero-order chi connectivity index (χ0) is 38.7. The van der Waals surface area contributed by atoms with Gasteiger partial charge in [-0.15, -0.1) is 0 Å². The number of hydrogen-bond donors (Lipinski definition) is 4. The number of quaternary nitrogens is 2. The van der Waals surface area contributed by atoms with Crippen LogP contribution in [-0.2, 0) is 0 Å². The highest BCUT2D eigenvalue weighted by molar-refractivity contribution is 4.52. The van der Waals surface area contributed by atoms with Crippen LogP contribution in [0.15, 0.2) is 0 Å². The van der Waals surface area contributed by atoms with E-state index in [2.05, 4.69) is 27.9 Å². The Bertz CT molecular complexity index is 596. The fraction of sp³-hybridized carbons (Fsp3) is 1.00. The molecule has 0 spiro atoms. The van der Waals surface area contributed by atoms with Gasteiger partial charge in [0.1, 0.15) is 26.2 Å². The van der Waals surface area contributed by atoms with E-state index in [1.165, 1.54) is 205 Å². The number of aliphatic hydroxyl groups is 4. The first-order chi connectivity index (χ1) is 25.4. The summed E-state index contributed by atoms with van der Waals surface area (Å²) in [4.78, 5) is 0. The van der Waals surface area contributed by atoms with Crippen LogP contribution < -0.4 is 24.8 Å². The van der Waals surface area contributed by atoms with Crippen molar-refractivity contribution >= 4 is 0 Å². The average Bonchev–Trinajstić information content (AvgIpc) is 3.12. The maximum absolute atomic E-state index is 9.17. The van der Waals surface area contributed by atoms with Gasteiger partial charge in [0.05, 0.1) is 53.6 Å². The molecule has 0 aromatic rings. The predicted octanol–water partition coefficient (Wildman–Crippen LogP) is 5.37. The molecule has 0 aliphatic carbocycles. The van der Waals surface area contributed by atoms with E-state index in [1.807, 2.05) is 0 Å². The Morgan fingerprint density at radius 2 is 0.389 bits per heavy atom. The summed E-state index contributed by atoms with van der Waals surface area (Å²) >= 11 is 0. The molecule has 0 saturated heterocycles. The number of nitrogens with zero attached hydrogens (tertiary/aromatic N) is 2. The summed E-state index contributed by atoms with van der Waals surface area (Å²) in [6, 6.07) is 0. The molecule has 0 saturated carbocycles. The molecule has 0 heterocycles. The number of aliphatic hydroxyl groups excluding tert-OH is 4. The van der Waals surface area contributed by atoms with Gasteiger partial charge in [0.2, 0.25) is 0 Å². The van der Waals surface area contributed by atoms with Gasteiger partial charge in [-0.25, -0.2) is 0 Å². The number of halogens is 2. The van der Waals surface area contributed by atoms with E-state index < -0.39 is 0 Å². The Labute approximate surface area is 352 Å². The molecule has 0 unspecified atom stereocenters. The third-order valence-corrected chi connectivity index (χ3v) is 11.7. The lowest BCUT2D eigenvalue weighted by Crippen LogP contribution is -3.00. The van der Waals surface area contributed by atoms with Crippen LogP contribution >= 0.6 is 0 Å². The SMILES string of the molecule is CCCCCCCCCCCCCCCCCC[N+](C)(CCO)CCO.CCCCCCCCCCCCCCCCCC[N+](C)(CCO)CCO.[Cl-].[Cl-]. The topological polar surface area (TPSA) is 80.9 Å². The number of rotatable bonds is 42. The summed E-state index contributed by atoms with van der Waals surface area (Å²) in [7, 11) is 4.30. The van der Waals surface area contributed by atoms with Crippen LogP contribution in [0.2, 0.25) is 0 Å². The molecule has 0 radical (unpaired) electrons. The van der Waals surface area contributed by atoms with E-state index in [-0.39, 0.29) is 51.2 Å². The summed E-state index contributed by atoms with van der Waals surface area (Å²) in [5.41, 5.74) is 0. The van der Waals surface area contributed by atoms with Gasteiger partial charge in [-0.05, 0) is 25.7 Å². The minimum atomic E-state index is 0. The maximum atomic E-state index is 9.17. The Hall–Kier alpha value is 0.340. The van der Waals surface area contributed by atoms with Crippen LogP contribution in [-0.4, -0.2) is 109 Å². The monoisotopic (exact) mass is 815 g/mol. The molecule has 0 aromatic carbocycles. The largest absolute Gasteiger partial charge is 1.00 e. The molecule has 0 aliphatic rings. The molecular weight excluding hydrogens is 715 g/mol. The molecule has 0 atom stereocenters. The van der Waals surface area contributed by atoms with Gasteiger partial charge < -0.3 is 54.2 Å². The van der Waals surface area contributed by atoms with E-state index in [9.17, 15) is 0 Å². The zero-order valence-electron chi connectivity index (χ0n) is 37.1. The van der Waals surface area contributed by atoms with Crippen LogP contribution in [0.3, 0.4) is 0 Å². The maximum Gasteiger partial charge on any atom is 0.102 e. The van der Waals surface area contributed by atoms with Crippen molar-refractivity contribution < 1.29 is 54.2 Å². The smallest absolute Gasteiger partial charge is 0.102 e.